The molecule has 0 aliphatic carbocycles. The molecule has 6 aliphatic rings. The van der Waals surface area contributed by atoms with Gasteiger partial charge in [-0.05, 0) is 162 Å². The van der Waals surface area contributed by atoms with Crippen LogP contribution in [0.2, 0.25) is 0 Å². The molecule has 2 saturated heterocycles. The average Bonchev–Trinajstić information content (AvgIpc) is 1.68. The zero-order chi connectivity index (χ0) is 91.0. The topological polar surface area (TPSA) is 173 Å². The third kappa shape index (κ3) is 20.1. The molecule has 29 heteroatoms. The summed E-state index contributed by atoms with van der Waals surface area (Å²) >= 11 is 0. The van der Waals surface area contributed by atoms with Crippen LogP contribution in [-0.2, 0) is 44.5 Å². The van der Waals surface area contributed by atoms with E-state index in [0.29, 0.717) is 6.47 Å². The SMILES string of the molecule is CC(=O)N1CCN(CCCC[P+](c2ccccc2)(c2ccccc2)c2ccccc2)CC1.COC=O.COCOc1c(F)cc2c(c1F)Oc1c(cc(F)c(C)c1F)C21OC(=O)c2ccccc21.COCOc1c(F)cc2c(c1F)Oc1c(cc(F)c(C)c1F)C21OC(=O)c2ccccc21.[Br-].[Br-].c1ccc([P+](CCCCN2CCNCC2)(c2ccccc2)c2ccccc2)cc1. The Bertz CT molecular complexity index is 5580. The summed E-state index contributed by atoms with van der Waals surface area (Å²) < 4.78 is 165. The molecule has 2 spiro atoms. The lowest BCUT2D eigenvalue weighted by atomic mass is 9.77. The summed E-state index contributed by atoms with van der Waals surface area (Å²) in [6.07, 6.45) is 7.33. The Kier molecular flexibility index (Phi) is 33.8. The van der Waals surface area contributed by atoms with Crippen LogP contribution in [0.25, 0.3) is 0 Å². The zero-order valence-electron chi connectivity index (χ0n) is 72.9. The van der Waals surface area contributed by atoms with Crippen molar-refractivity contribution in [2.24, 2.45) is 0 Å². The van der Waals surface area contributed by atoms with Gasteiger partial charge in [0.2, 0.25) is 17.5 Å². The number of rotatable bonds is 23. The van der Waals surface area contributed by atoms with Gasteiger partial charge in [0.25, 0.3) is 6.47 Å². The van der Waals surface area contributed by atoms with Crippen molar-refractivity contribution >= 4 is 70.7 Å². The lowest BCUT2D eigenvalue weighted by molar-refractivity contribution is -0.130. The van der Waals surface area contributed by atoms with Gasteiger partial charge in [-0.25, -0.2) is 35.9 Å². The van der Waals surface area contributed by atoms with Crippen molar-refractivity contribution < 1.29 is 131 Å². The zero-order valence-corrected chi connectivity index (χ0v) is 77.8. The van der Waals surface area contributed by atoms with Gasteiger partial charge in [0.05, 0.1) is 52.8 Å². The number of benzene rings is 12. The molecule has 1 amide bonds. The van der Waals surface area contributed by atoms with Crippen LogP contribution >= 0.6 is 14.5 Å². The number of esters is 2. The van der Waals surface area contributed by atoms with E-state index < -0.39 is 132 Å². The Labute approximate surface area is 778 Å². The van der Waals surface area contributed by atoms with E-state index in [-0.39, 0.29) is 95.5 Å². The highest BCUT2D eigenvalue weighted by Crippen LogP contribution is 2.62. The van der Waals surface area contributed by atoms with Crippen molar-refractivity contribution in [3.8, 4) is 34.5 Å². The number of nitrogens with zero attached hydrogens (tertiary/aromatic N) is 3. The largest absolute Gasteiger partial charge is 1.00 e. The fourth-order valence-electron chi connectivity index (χ4n) is 17.6. The van der Waals surface area contributed by atoms with E-state index in [0.717, 1.165) is 70.1 Å². The summed E-state index contributed by atoms with van der Waals surface area (Å²) in [5.74, 6) is -14.3. The maximum atomic E-state index is 15.4. The number of amides is 1. The number of halogens is 10. The number of piperazine rings is 2. The molecule has 2 unspecified atom stereocenters. The van der Waals surface area contributed by atoms with Crippen molar-refractivity contribution in [1.82, 2.24) is 20.0 Å². The van der Waals surface area contributed by atoms with Crippen molar-refractivity contribution in [2.75, 3.05) is 113 Å². The first-order chi connectivity index (χ1) is 62.6. The number of hydrogen-bond acceptors (Lipinski definition) is 16. The molecule has 6 heterocycles. The molecule has 0 bridgehead atoms. The molecule has 2 fully saturated rings. The van der Waals surface area contributed by atoms with Gasteiger partial charge in [-0.2, -0.15) is 8.78 Å². The minimum Gasteiger partial charge on any atom is -1.00 e. The van der Waals surface area contributed by atoms with Crippen LogP contribution < -0.4 is 90.1 Å². The van der Waals surface area contributed by atoms with Crippen molar-refractivity contribution in [3.05, 3.63) is 357 Å². The molecule has 0 saturated carbocycles. The maximum absolute atomic E-state index is 15.4. The molecule has 131 heavy (non-hydrogen) atoms. The van der Waals surface area contributed by atoms with E-state index in [1.54, 1.807) is 31.2 Å². The molecular weight excluding hydrogens is 1860 g/mol. The Morgan fingerprint density at radius 3 is 1.00 bits per heavy atom. The fourth-order valence-corrected chi connectivity index (χ4v) is 26.4. The van der Waals surface area contributed by atoms with Crippen molar-refractivity contribution in [3.63, 3.8) is 0 Å². The highest BCUT2D eigenvalue weighted by atomic mass is 79.9. The lowest BCUT2D eigenvalue weighted by Gasteiger charge is -2.37. The molecule has 0 aromatic heterocycles. The smallest absolute Gasteiger partial charge is 0.340 e. The Morgan fingerprint density at radius 1 is 0.405 bits per heavy atom. The summed E-state index contributed by atoms with van der Waals surface area (Å²) in [5.41, 5.74) is -5.30. The summed E-state index contributed by atoms with van der Waals surface area (Å²) in [6, 6.07) is 82.9. The first kappa shape index (κ1) is 98.8. The van der Waals surface area contributed by atoms with E-state index in [2.05, 4.69) is 202 Å². The maximum Gasteiger partial charge on any atom is 0.340 e. The van der Waals surface area contributed by atoms with E-state index in [9.17, 15) is 31.9 Å². The van der Waals surface area contributed by atoms with Gasteiger partial charge in [0.1, 0.15) is 58.0 Å². The van der Waals surface area contributed by atoms with Gasteiger partial charge in [0.15, 0.2) is 82.6 Å². The number of carbonyl (C=O) groups is 4. The first-order valence-electron chi connectivity index (χ1n) is 42.4. The number of carbonyl (C=O) groups excluding carboxylic acids is 4. The van der Waals surface area contributed by atoms with Crippen LogP contribution in [0.5, 0.6) is 34.5 Å². The Hall–Kier alpha value is -11.2. The van der Waals surface area contributed by atoms with Gasteiger partial charge >= 0.3 is 11.9 Å². The lowest BCUT2D eigenvalue weighted by Crippen LogP contribution is -3.00. The highest BCUT2D eigenvalue weighted by molar-refractivity contribution is 7.96. The molecule has 17 nitrogen and oxygen atoms in total. The second-order valence-electron chi connectivity index (χ2n) is 31.4. The molecule has 12 aromatic rings. The molecular formula is C102H98Br2F8N4O13P2. The molecule has 0 radical (unpaired) electrons. The second kappa shape index (κ2) is 44.8. The standard InChI is InChI=1S/C28H34N2OP.C26H32N2P.2C23H14F4O5.C2H4O2.2BrH/c1-25(31)30-22-20-29(21-23-30)19-11-12-24-32(26-13-5-2-6-14-26,27-15-7-3-8-16-27)28-17-9-4-10-18-28;1-4-12-24(13-5-1)29(25-14-6-2-7-15-25,26-16-8-3-9-17-26)23-11-10-20-28-21-18-27-19-22-28;2*1-10-15(24)7-13-19(17(10)26)31-20-14(8-16(25)21(18(20)27)30-9-29-2)23(13)12-6-4-3-5-11(12)22(28)32-23;1-4-2-3;;/h2-10,13-18H,11-12,19-24H2,1H3;1-9,12-17,27H,10-11,18-23H2;2*3-8H,9H2,1-2H3;2H,1H3;2*1H/q2*+1;;;;;/p-2. The van der Waals surface area contributed by atoms with Gasteiger partial charge in [-0.1, -0.05) is 146 Å². The van der Waals surface area contributed by atoms with E-state index in [1.807, 2.05) is 4.90 Å². The first-order valence-corrected chi connectivity index (χ1v) is 46.3. The van der Waals surface area contributed by atoms with Crippen LogP contribution in [-0.4, -0.2) is 152 Å². The Morgan fingerprint density at radius 2 is 0.695 bits per heavy atom. The predicted molar refractivity (Wildman–Crippen MR) is 483 cm³/mol. The summed E-state index contributed by atoms with van der Waals surface area (Å²) in [4.78, 5) is 53.0. The second-order valence-corrected chi connectivity index (χ2v) is 38.6. The number of nitrogens with one attached hydrogen (secondary N) is 1. The molecule has 1 N–H and O–H groups in total. The Balaban J connectivity index is 0.000000155. The van der Waals surface area contributed by atoms with E-state index in [4.69, 9.17) is 42.7 Å². The minimum atomic E-state index is -2.03. The van der Waals surface area contributed by atoms with Gasteiger partial charge in [0, 0.05) is 95.8 Å². The number of methoxy groups -OCH3 is 3. The van der Waals surface area contributed by atoms with Gasteiger partial charge in [-0.3, -0.25) is 14.5 Å². The summed E-state index contributed by atoms with van der Waals surface area (Å²) in [5, 5.41) is 12.4. The number of fused-ring (bicyclic) bond motifs is 12. The van der Waals surface area contributed by atoms with Crippen LogP contribution in [0, 0.1) is 60.4 Å². The normalized spacial score (nSPS) is 16.0. The van der Waals surface area contributed by atoms with E-state index in [1.165, 1.54) is 149 Å². The molecule has 18 rings (SSSR count). The predicted octanol–water partition coefficient (Wildman–Crippen LogP) is 11.6. The molecule has 6 aliphatic heterocycles. The number of ether oxygens (including phenoxy) is 9. The number of hydrogen-bond donors (Lipinski definition) is 1. The van der Waals surface area contributed by atoms with Crippen molar-refractivity contribution in [1.29, 1.82) is 0 Å². The quantitative estimate of drug-likeness (QED) is 0.0122. The van der Waals surface area contributed by atoms with Gasteiger partial charge in [-0.15, -0.1) is 0 Å². The third-order valence-electron chi connectivity index (χ3n) is 23.9. The monoisotopic (exact) mass is 1960 g/mol. The van der Waals surface area contributed by atoms with Gasteiger partial charge < -0.3 is 91.7 Å². The third-order valence-corrected chi connectivity index (χ3v) is 33.0. The van der Waals surface area contributed by atoms with E-state index >= 15 is 17.6 Å². The molecule has 2 atom stereocenters. The highest BCUT2D eigenvalue weighted by Gasteiger charge is 2.58. The minimum absolute atomic E-state index is 0. The molecule has 12 aromatic carbocycles. The van der Waals surface area contributed by atoms with Crippen LogP contribution in [0.15, 0.2) is 255 Å². The average molecular weight is 1960 g/mol. The fraction of sp³-hybridized carbons (Fsp3) is 0.255. The number of unbranched alkanes of at least 4 members (excludes halogenated alkanes) is 2. The van der Waals surface area contributed by atoms with Crippen molar-refractivity contribution in [2.45, 2.75) is 57.7 Å². The van der Waals surface area contributed by atoms with Crippen LogP contribution in [0.4, 0.5) is 35.1 Å². The summed E-state index contributed by atoms with van der Waals surface area (Å²) in [6.45, 7) is 14.2. The summed E-state index contributed by atoms with van der Waals surface area (Å²) in [7, 11) is 0.464. The molecule has 684 valence electrons. The van der Waals surface area contributed by atoms with Crippen LogP contribution in [0.1, 0.15) is 97.8 Å². The van der Waals surface area contributed by atoms with Crippen LogP contribution in [0.3, 0.4) is 0 Å².